The summed E-state index contributed by atoms with van der Waals surface area (Å²) in [6, 6.07) is 0.261. The van der Waals surface area contributed by atoms with Crippen molar-refractivity contribution >= 4 is 6.03 Å². The van der Waals surface area contributed by atoms with Crippen LogP contribution in [0.1, 0.15) is 52.9 Å². The van der Waals surface area contributed by atoms with Crippen molar-refractivity contribution in [3.8, 4) is 0 Å². The average Bonchev–Trinajstić information content (AvgIpc) is 2.29. The molecule has 4 nitrogen and oxygen atoms in total. The molecule has 0 heterocycles. The Labute approximate surface area is 111 Å². The SMILES string of the molecule is CC(O)CC(C)CNC(=O)NC1CCCCC1C. The van der Waals surface area contributed by atoms with Crippen LogP contribution >= 0.6 is 0 Å². The predicted octanol–water partition coefficient (Wildman–Crippen LogP) is 2.27. The number of aliphatic hydroxyl groups excluding tert-OH is 1. The predicted molar refractivity (Wildman–Crippen MR) is 73.4 cm³/mol. The van der Waals surface area contributed by atoms with Crippen LogP contribution in [-0.4, -0.2) is 29.8 Å². The Kier molecular flexibility index (Phi) is 6.47. The summed E-state index contributed by atoms with van der Waals surface area (Å²) >= 11 is 0. The fourth-order valence-corrected chi connectivity index (χ4v) is 2.68. The van der Waals surface area contributed by atoms with E-state index in [1.165, 1.54) is 19.3 Å². The molecule has 2 amide bonds. The molecule has 0 saturated heterocycles. The summed E-state index contributed by atoms with van der Waals surface area (Å²) in [5.41, 5.74) is 0. The molecule has 18 heavy (non-hydrogen) atoms. The summed E-state index contributed by atoms with van der Waals surface area (Å²) in [6.45, 7) is 6.65. The molecule has 1 fully saturated rings. The minimum absolute atomic E-state index is 0.0637. The molecule has 4 heteroatoms. The standard InChI is InChI=1S/C14H28N2O2/c1-10(8-12(3)17)9-15-14(18)16-13-7-5-4-6-11(13)2/h10-13,17H,4-9H2,1-3H3,(H2,15,16,18). The minimum atomic E-state index is -0.303. The van der Waals surface area contributed by atoms with Gasteiger partial charge in [-0.25, -0.2) is 4.79 Å². The molecule has 0 aromatic rings. The highest BCUT2D eigenvalue weighted by Crippen LogP contribution is 2.23. The number of nitrogens with one attached hydrogen (secondary N) is 2. The van der Waals surface area contributed by atoms with Crippen LogP contribution in [0.4, 0.5) is 4.79 Å². The first-order chi connectivity index (χ1) is 8.49. The zero-order valence-corrected chi connectivity index (χ0v) is 11.9. The van der Waals surface area contributed by atoms with Gasteiger partial charge in [-0.1, -0.05) is 26.7 Å². The Morgan fingerprint density at radius 3 is 2.61 bits per heavy atom. The molecule has 106 valence electrons. The van der Waals surface area contributed by atoms with Crippen LogP contribution < -0.4 is 10.6 Å². The fraction of sp³-hybridized carbons (Fsp3) is 0.929. The van der Waals surface area contributed by atoms with Crippen LogP contribution in [0.15, 0.2) is 0 Å². The molecule has 1 aliphatic carbocycles. The molecule has 1 aliphatic rings. The van der Waals surface area contributed by atoms with Gasteiger partial charge in [0.15, 0.2) is 0 Å². The fourth-order valence-electron chi connectivity index (χ4n) is 2.68. The topological polar surface area (TPSA) is 61.4 Å². The minimum Gasteiger partial charge on any atom is -0.393 e. The number of hydrogen-bond donors (Lipinski definition) is 3. The van der Waals surface area contributed by atoms with E-state index in [0.29, 0.717) is 24.4 Å². The highest BCUT2D eigenvalue weighted by atomic mass is 16.3. The second-order valence-corrected chi connectivity index (χ2v) is 5.91. The second-order valence-electron chi connectivity index (χ2n) is 5.91. The van der Waals surface area contributed by atoms with E-state index in [0.717, 1.165) is 12.8 Å². The number of rotatable bonds is 5. The number of carbonyl (C=O) groups excluding carboxylic acids is 1. The second kappa shape index (κ2) is 7.62. The summed E-state index contributed by atoms with van der Waals surface area (Å²) < 4.78 is 0. The van der Waals surface area contributed by atoms with E-state index >= 15 is 0 Å². The lowest BCUT2D eigenvalue weighted by Gasteiger charge is -2.29. The Balaban J connectivity index is 2.20. The van der Waals surface area contributed by atoms with Gasteiger partial charge in [0, 0.05) is 12.6 Å². The van der Waals surface area contributed by atoms with E-state index in [-0.39, 0.29) is 12.1 Å². The molecule has 1 rings (SSSR count). The maximum atomic E-state index is 11.8. The number of hydrogen-bond acceptors (Lipinski definition) is 2. The van der Waals surface area contributed by atoms with Crippen LogP contribution in [-0.2, 0) is 0 Å². The Morgan fingerprint density at radius 1 is 1.33 bits per heavy atom. The first kappa shape index (κ1) is 15.3. The molecule has 0 bridgehead atoms. The van der Waals surface area contributed by atoms with Crippen LogP contribution in [0.2, 0.25) is 0 Å². The Morgan fingerprint density at radius 2 is 2.00 bits per heavy atom. The number of carbonyl (C=O) groups is 1. The van der Waals surface area contributed by atoms with Gasteiger partial charge in [0.2, 0.25) is 0 Å². The summed E-state index contributed by atoms with van der Waals surface area (Å²) in [5.74, 6) is 0.888. The van der Waals surface area contributed by atoms with Crippen LogP contribution in [0.25, 0.3) is 0 Å². The molecule has 3 N–H and O–H groups in total. The van der Waals surface area contributed by atoms with Crippen molar-refractivity contribution in [1.29, 1.82) is 0 Å². The highest BCUT2D eigenvalue weighted by molar-refractivity contribution is 5.74. The van der Waals surface area contributed by atoms with Crippen molar-refractivity contribution in [3.05, 3.63) is 0 Å². The maximum absolute atomic E-state index is 11.8. The molecule has 1 saturated carbocycles. The third-order valence-corrected chi connectivity index (χ3v) is 3.78. The highest BCUT2D eigenvalue weighted by Gasteiger charge is 2.22. The Hall–Kier alpha value is -0.770. The van der Waals surface area contributed by atoms with Gasteiger partial charge in [-0.3, -0.25) is 0 Å². The van der Waals surface area contributed by atoms with Crippen molar-refractivity contribution in [2.75, 3.05) is 6.54 Å². The first-order valence-electron chi connectivity index (χ1n) is 7.21. The average molecular weight is 256 g/mol. The molecular formula is C14H28N2O2. The van der Waals surface area contributed by atoms with Crippen molar-refractivity contribution in [2.45, 2.75) is 65.0 Å². The van der Waals surface area contributed by atoms with Gasteiger partial charge >= 0.3 is 6.03 Å². The summed E-state index contributed by atoms with van der Waals surface area (Å²) in [4.78, 5) is 11.8. The zero-order valence-electron chi connectivity index (χ0n) is 11.9. The molecule has 0 spiro atoms. The van der Waals surface area contributed by atoms with Crippen LogP contribution in [0.3, 0.4) is 0 Å². The zero-order chi connectivity index (χ0) is 13.5. The lowest BCUT2D eigenvalue weighted by atomic mass is 9.86. The van der Waals surface area contributed by atoms with Gasteiger partial charge in [0.05, 0.1) is 6.10 Å². The van der Waals surface area contributed by atoms with Gasteiger partial charge in [-0.15, -0.1) is 0 Å². The molecule has 4 unspecified atom stereocenters. The lowest BCUT2D eigenvalue weighted by Crippen LogP contribution is -2.47. The monoisotopic (exact) mass is 256 g/mol. The van der Waals surface area contributed by atoms with Gasteiger partial charge in [-0.2, -0.15) is 0 Å². The largest absolute Gasteiger partial charge is 0.393 e. The summed E-state index contributed by atoms with van der Waals surface area (Å²) in [6.07, 6.45) is 5.23. The number of urea groups is 1. The molecule has 0 aliphatic heterocycles. The van der Waals surface area contributed by atoms with E-state index in [2.05, 4.69) is 17.6 Å². The molecule has 4 atom stereocenters. The smallest absolute Gasteiger partial charge is 0.315 e. The van der Waals surface area contributed by atoms with Crippen molar-refractivity contribution in [2.24, 2.45) is 11.8 Å². The third kappa shape index (κ3) is 5.71. The molecule has 0 aromatic heterocycles. The van der Waals surface area contributed by atoms with E-state index in [1.807, 2.05) is 6.92 Å². The maximum Gasteiger partial charge on any atom is 0.315 e. The van der Waals surface area contributed by atoms with Crippen LogP contribution in [0, 0.1) is 11.8 Å². The molecular weight excluding hydrogens is 228 g/mol. The summed E-state index contributed by atoms with van der Waals surface area (Å²) in [5, 5.41) is 15.2. The van der Waals surface area contributed by atoms with Gasteiger partial charge in [0.1, 0.15) is 0 Å². The van der Waals surface area contributed by atoms with Crippen molar-refractivity contribution in [1.82, 2.24) is 10.6 Å². The Bertz CT molecular complexity index is 256. The van der Waals surface area contributed by atoms with E-state index in [9.17, 15) is 9.90 Å². The van der Waals surface area contributed by atoms with E-state index < -0.39 is 0 Å². The first-order valence-corrected chi connectivity index (χ1v) is 7.21. The lowest BCUT2D eigenvalue weighted by molar-refractivity contribution is 0.162. The molecule has 0 aromatic carbocycles. The van der Waals surface area contributed by atoms with Gasteiger partial charge in [-0.05, 0) is 38.0 Å². The van der Waals surface area contributed by atoms with Crippen molar-refractivity contribution < 1.29 is 9.90 Å². The quantitative estimate of drug-likeness (QED) is 0.706. The summed E-state index contributed by atoms with van der Waals surface area (Å²) in [7, 11) is 0. The van der Waals surface area contributed by atoms with E-state index in [1.54, 1.807) is 6.92 Å². The normalized spacial score (nSPS) is 27.3. The number of amides is 2. The number of aliphatic hydroxyl groups is 1. The van der Waals surface area contributed by atoms with E-state index in [4.69, 9.17) is 0 Å². The molecule has 0 radical (unpaired) electrons. The van der Waals surface area contributed by atoms with Gasteiger partial charge < -0.3 is 15.7 Å². The third-order valence-electron chi connectivity index (χ3n) is 3.78. The van der Waals surface area contributed by atoms with Crippen LogP contribution in [0.5, 0.6) is 0 Å². The van der Waals surface area contributed by atoms with Gasteiger partial charge in [0.25, 0.3) is 0 Å². The van der Waals surface area contributed by atoms with Crippen molar-refractivity contribution in [3.63, 3.8) is 0 Å².